The third kappa shape index (κ3) is 3.76. The standard InChI is InChI=1S/C18H15N5OS2/c1-12-21-22-18(26-12)20-17(24)13-5-7-15(8-6-13)25-11-14-10-23-9-3-2-4-16(23)19-14/h2-10H,11H2,1H3,(H,20,22,24). The largest absolute Gasteiger partial charge is 0.307 e. The Hall–Kier alpha value is -2.71. The van der Waals surface area contributed by atoms with Gasteiger partial charge in [0.05, 0.1) is 5.69 Å². The Kier molecular flexibility index (Phi) is 4.68. The van der Waals surface area contributed by atoms with Crippen LogP contribution < -0.4 is 5.32 Å². The topological polar surface area (TPSA) is 72.2 Å². The van der Waals surface area contributed by atoms with Gasteiger partial charge in [0, 0.05) is 28.6 Å². The molecule has 130 valence electrons. The van der Waals surface area contributed by atoms with E-state index < -0.39 is 0 Å². The van der Waals surface area contributed by atoms with Crippen LogP contribution in [0.3, 0.4) is 0 Å². The maximum absolute atomic E-state index is 12.2. The fourth-order valence-corrected chi connectivity index (χ4v) is 3.80. The van der Waals surface area contributed by atoms with Crippen LogP contribution >= 0.6 is 23.1 Å². The van der Waals surface area contributed by atoms with Gasteiger partial charge in [0.15, 0.2) is 0 Å². The van der Waals surface area contributed by atoms with Crippen LogP contribution in [-0.2, 0) is 5.75 Å². The summed E-state index contributed by atoms with van der Waals surface area (Å²) in [4.78, 5) is 17.9. The number of nitrogens with one attached hydrogen (secondary N) is 1. The number of hydrogen-bond acceptors (Lipinski definition) is 6. The molecule has 0 bridgehead atoms. The van der Waals surface area contributed by atoms with Gasteiger partial charge in [0.2, 0.25) is 5.13 Å². The first-order chi connectivity index (χ1) is 12.7. The van der Waals surface area contributed by atoms with Crippen LogP contribution in [0.4, 0.5) is 5.13 Å². The highest BCUT2D eigenvalue weighted by atomic mass is 32.2. The number of amides is 1. The predicted molar refractivity (Wildman–Crippen MR) is 104 cm³/mol. The van der Waals surface area contributed by atoms with Gasteiger partial charge in [-0.1, -0.05) is 17.4 Å². The van der Waals surface area contributed by atoms with Crippen molar-refractivity contribution in [1.29, 1.82) is 0 Å². The lowest BCUT2D eigenvalue weighted by molar-refractivity contribution is 0.102. The molecule has 0 radical (unpaired) electrons. The smallest absolute Gasteiger partial charge is 0.257 e. The molecular formula is C18H15N5OS2. The summed E-state index contributed by atoms with van der Waals surface area (Å²) in [5.74, 6) is 0.593. The minimum Gasteiger partial charge on any atom is -0.307 e. The molecule has 6 nitrogen and oxygen atoms in total. The molecule has 0 aliphatic rings. The highest BCUT2D eigenvalue weighted by Crippen LogP contribution is 2.23. The first-order valence-corrected chi connectivity index (χ1v) is 9.74. The third-order valence-corrected chi connectivity index (χ3v) is 5.46. The first kappa shape index (κ1) is 16.7. The summed E-state index contributed by atoms with van der Waals surface area (Å²) >= 11 is 3.04. The molecule has 3 heterocycles. The molecule has 8 heteroatoms. The summed E-state index contributed by atoms with van der Waals surface area (Å²) in [5.41, 5.74) is 2.56. The van der Waals surface area contributed by atoms with Gasteiger partial charge in [0.1, 0.15) is 10.7 Å². The zero-order valence-corrected chi connectivity index (χ0v) is 15.5. The molecule has 1 amide bonds. The van der Waals surface area contributed by atoms with E-state index in [-0.39, 0.29) is 5.91 Å². The molecule has 3 aromatic heterocycles. The lowest BCUT2D eigenvalue weighted by Gasteiger charge is -2.03. The average molecular weight is 381 g/mol. The molecule has 0 saturated heterocycles. The van der Waals surface area contributed by atoms with E-state index in [2.05, 4.69) is 20.5 Å². The molecule has 0 fully saturated rings. The number of benzene rings is 1. The van der Waals surface area contributed by atoms with Gasteiger partial charge in [-0.2, -0.15) is 0 Å². The molecule has 0 aliphatic carbocycles. The predicted octanol–water partition coefficient (Wildman–Crippen LogP) is 4.04. The number of thioether (sulfide) groups is 1. The second-order valence-electron chi connectivity index (χ2n) is 5.59. The van der Waals surface area contributed by atoms with Crippen LogP contribution in [-0.4, -0.2) is 25.5 Å². The third-order valence-electron chi connectivity index (χ3n) is 3.66. The van der Waals surface area contributed by atoms with Gasteiger partial charge in [-0.3, -0.25) is 10.1 Å². The Morgan fingerprint density at radius 2 is 2.04 bits per heavy atom. The number of carbonyl (C=O) groups is 1. The zero-order chi connectivity index (χ0) is 17.9. The van der Waals surface area contributed by atoms with Crippen LogP contribution in [0.2, 0.25) is 0 Å². The molecule has 0 aliphatic heterocycles. The molecule has 1 aromatic carbocycles. The van der Waals surface area contributed by atoms with Crippen molar-refractivity contribution in [2.45, 2.75) is 17.6 Å². The first-order valence-electron chi connectivity index (χ1n) is 7.94. The van der Waals surface area contributed by atoms with E-state index >= 15 is 0 Å². The van der Waals surface area contributed by atoms with Crippen LogP contribution in [0.15, 0.2) is 59.8 Å². The summed E-state index contributed by atoms with van der Waals surface area (Å²) in [6, 6.07) is 13.5. The molecule has 0 unspecified atom stereocenters. The summed E-state index contributed by atoms with van der Waals surface area (Å²) in [7, 11) is 0. The van der Waals surface area contributed by atoms with Crippen molar-refractivity contribution in [1.82, 2.24) is 19.6 Å². The molecule has 26 heavy (non-hydrogen) atoms. The number of hydrogen-bond donors (Lipinski definition) is 1. The normalized spacial score (nSPS) is 11.0. The highest BCUT2D eigenvalue weighted by molar-refractivity contribution is 7.98. The van der Waals surface area contributed by atoms with Crippen molar-refractivity contribution in [3.05, 3.63) is 71.1 Å². The second-order valence-corrected chi connectivity index (χ2v) is 7.82. The fourth-order valence-electron chi connectivity index (χ4n) is 2.43. The minimum atomic E-state index is -0.182. The lowest BCUT2D eigenvalue weighted by atomic mass is 10.2. The van der Waals surface area contributed by atoms with Crippen LogP contribution in [0.5, 0.6) is 0 Å². The minimum absolute atomic E-state index is 0.182. The number of aryl methyl sites for hydroxylation is 1. The number of aromatic nitrogens is 4. The number of imidazole rings is 1. The Morgan fingerprint density at radius 1 is 1.19 bits per heavy atom. The zero-order valence-electron chi connectivity index (χ0n) is 13.9. The number of anilines is 1. The summed E-state index contributed by atoms with van der Waals surface area (Å²) in [6.07, 6.45) is 4.03. The van der Waals surface area contributed by atoms with Gasteiger partial charge in [0.25, 0.3) is 5.91 Å². The van der Waals surface area contributed by atoms with Crippen LogP contribution in [0.1, 0.15) is 21.1 Å². The van der Waals surface area contributed by atoms with Gasteiger partial charge in [-0.15, -0.1) is 22.0 Å². The van der Waals surface area contributed by atoms with Crippen molar-refractivity contribution in [2.75, 3.05) is 5.32 Å². The van der Waals surface area contributed by atoms with Crippen molar-refractivity contribution in [3.8, 4) is 0 Å². The molecular weight excluding hydrogens is 366 g/mol. The van der Waals surface area contributed by atoms with E-state index in [0.29, 0.717) is 10.7 Å². The monoisotopic (exact) mass is 381 g/mol. The number of carbonyl (C=O) groups excluding carboxylic acids is 1. The van der Waals surface area contributed by atoms with Crippen molar-refractivity contribution < 1.29 is 4.79 Å². The fraction of sp³-hybridized carbons (Fsp3) is 0.111. The van der Waals surface area contributed by atoms with Gasteiger partial charge in [-0.05, 0) is 43.3 Å². The van der Waals surface area contributed by atoms with E-state index in [1.54, 1.807) is 11.8 Å². The van der Waals surface area contributed by atoms with Gasteiger partial charge in [-0.25, -0.2) is 4.98 Å². The molecule has 0 saturated carbocycles. The molecule has 4 rings (SSSR count). The van der Waals surface area contributed by atoms with E-state index in [1.165, 1.54) is 11.3 Å². The lowest BCUT2D eigenvalue weighted by Crippen LogP contribution is -2.11. The highest BCUT2D eigenvalue weighted by Gasteiger charge is 2.09. The maximum Gasteiger partial charge on any atom is 0.257 e. The Balaban J connectivity index is 1.38. The van der Waals surface area contributed by atoms with Gasteiger partial charge >= 0.3 is 0 Å². The van der Waals surface area contributed by atoms with E-state index in [9.17, 15) is 4.79 Å². The molecule has 0 atom stereocenters. The Labute approximate surface area is 158 Å². The average Bonchev–Trinajstić information content (AvgIpc) is 3.25. The number of rotatable bonds is 5. The molecule has 0 spiro atoms. The summed E-state index contributed by atoms with van der Waals surface area (Å²) < 4.78 is 2.01. The SMILES string of the molecule is Cc1nnc(NC(=O)c2ccc(SCc3cn4ccccc4n3)cc2)s1. The van der Waals surface area contributed by atoms with Crippen LogP contribution in [0, 0.1) is 6.92 Å². The Bertz CT molecular complexity index is 1020. The van der Waals surface area contributed by atoms with Crippen LogP contribution in [0.25, 0.3) is 5.65 Å². The molecule has 4 aromatic rings. The number of pyridine rings is 1. The van der Waals surface area contributed by atoms with E-state index in [0.717, 1.165) is 27.0 Å². The van der Waals surface area contributed by atoms with E-state index in [1.807, 2.05) is 66.2 Å². The molecule has 1 N–H and O–H groups in total. The van der Waals surface area contributed by atoms with Crippen molar-refractivity contribution >= 4 is 39.8 Å². The maximum atomic E-state index is 12.2. The van der Waals surface area contributed by atoms with Crippen molar-refractivity contribution in [3.63, 3.8) is 0 Å². The quantitative estimate of drug-likeness (QED) is 0.528. The van der Waals surface area contributed by atoms with Gasteiger partial charge < -0.3 is 4.40 Å². The van der Waals surface area contributed by atoms with Crippen molar-refractivity contribution in [2.24, 2.45) is 0 Å². The summed E-state index contributed by atoms with van der Waals surface area (Å²) in [6.45, 7) is 1.85. The number of fused-ring (bicyclic) bond motifs is 1. The second kappa shape index (κ2) is 7.27. The summed E-state index contributed by atoms with van der Waals surface area (Å²) in [5, 5.41) is 11.9. The Morgan fingerprint density at radius 3 is 2.77 bits per heavy atom. The number of nitrogens with zero attached hydrogens (tertiary/aromatic N) is 4. The van der Waals surface area contributed by atoms with E-state index in [4.69, 9.17) is 0 Å².